The Kier molecular flexibility index (Phi) is 14.5. The molecule has 11 N–H and O–H groups in total. The van der Waals surface area contributed by atoms with E-state index in [9.17, 15) is 44.1 Å². The topological polar surface area (TPSA) is 278 Å². The van der Waals surface area contributed by atoms with Gasteiger partial charge in [-0.25, -0.2) is 9.78 Å². The average molecular weight is 771 g/mol. The molecule has 17 nitrogen and oxygen atoms in total. The lowest BCUT2D eigenvalue weighted by Gasteiger charge is -2.28. The third kappa shape index (κ3) is 11.9. The summed E-state index contributed by atoms with van der Waals surface area (Å²) >= 11 is 0. The molecule has 284 valence electrons. The Morgan fingerprint density at radius 2 is 1.26 bits per heavy atom. The normalized spacial score (nSPS) is 24.3. The molecule has 1 aliphatic rings. The highest BCUT2D eigenvalue weighted by atomic mass is 33.1. The van der Waals surface area contributed by atoms with E-state index in [1.807, 2.05) is 13.8 Å². The summed E-state index contributed by atoms with van der Waals surface area (Å²) in [6, 6.07) is 2.78. The molecule has 53 heavy (non-hydrogen) atoms. The summed E-state index contributed by atoms with van der Waals surface area (Å²) in [5.74, 6) is -5.78. The Bertz CT molecular complexity index is 1740. The first-order valence-electron chi connectivity index (χ1n) is 16.5. The third-order valence-electron chi connectivity index (χ3n) is 8.02. The fourth-order valence-electron chi connectivity index (χ4n) is 5.22. The maximum Gasteiger partial charge on any atom is 0.327 e. The van der Waals surface area contributed by atoms with Crippen LogP contribution < -0.4 is 32.3 Å². The molecule has 4 rings (SSSR count). The molecule has 0 spiro atoms. The second-order valence-electron chi connectivity index (χ2n) is 12.7. The number of aromatic amines is 1. The van der Waals surface area contributed by atoms with Crippen LogP contribution in [0.5, 0.6) is 11.5 Å². The van der Waals surface area contributed by atoms with Crippen LogP contribution in [0.1, 0.15) is 49.2 Å². The Labute approximate surface area is 312 Å². The summed E-state index contributed by atoms with van der Waals surface area (Å²) in [5.41, 5.74) is 6.99. The number of hydrogen-bond donors (Lipinski definition) is 10. The van der Waals surface area contributed by atoms with Crippen molar-refractivity contribution in [2.45, 2.75) is 62.9 Å². The number of rotatable bonds is 7. The summed E-state index contributed by atoms with van der Waals surface area (Å²) in [4.78, 5) is 87.9. The fourth-order valence-corrected chi connectivity index (χ4v) is 7.50. The minimum Gasteiger partial charge on any atom is -0.508 e. The minimum absolute atomic E-state index is 0.0231. The van der Waals surface area contributed by atoms with Crippen LogP contribution >= 0.6 is 21.6 Å². The van der Waals surface area contributed by atoms with E-state index in [-0.39, 0.29) is 52.9 Å². The predicted molar refractivity (Wildman–Crippen MR) is 196 cm³/mol. The summed E-state index contributed by atoms with van der Waals surface area (Å²) in [5, 5.41) is 42.8. The number of imidazole rings is 1. The molecule has 0 aliphatic carbocycles. The van der Waals surface area contributed by atoms with Gasteiger partial charge in [-0.2, -0.15) is 0 Å². The third-order valence-corrected chi connectivity index (χ3v) is 10.5. The van der Waals surface area contributed by atoms with Gasteiger partial charge in [0, 0.05) is 29.8 Å². The van der Waals surface area contributed by atoms with E-state index in [1.165, 1.54) is 61.1 Å². The molecular weight excluding hydrogens is 729 g/mol. The second-order valence-corrected chi connectivity index (χ2v) is 15.2. The number of nitrogens with two attached hydrogens (primary N) is 1. The van der Waals surface area contributed by atoms with Crippen molar-refractivity contribution in [1.82, 2.24) is 36.6 Å². The van der Waals surface area contributed by atoms with Crippen LogP contribution in [0, 0.1) is 5.92 Å². The van der Waals surface area contributed by atoms with Gasteiger partial charge in [0.2, 0.25) is 29.5 Å². The Morgan fingerprint density at radius 3 is 1.77 bits per heavy atom. The molecule has 6 atom stereocenters. The number of amides is 5. The molecular formula is C34H42N8O9S2. The largest absolute Gasteiger partial charge is 0.508 e. The van der Waals surface area contributed by atoms with Gasteiger partial charge in [0.05, 0.1) is 12.4 Å². The van der Waals surface area contributed by atoms with Crippen molar-refractivity contribution in [3.8, 4) is 11.5 Å². The first-order chi connectivity index (χ1) is 25.2. The number of carboxylic acid groups (broad SMARTS) is 1. The number of hydrogen-bond acceptors (Lipinski definition) is 12. The SMILES string of the molecule is CC(C)C[C@H]1NC(=O)[C@@H](N)CSSC[C@@H](C(=O)O)NC(=O)[C@H](c2ccc(O)cc2)NC(=O)[C@H](Cc2cnc[nH]2)NC(=O)[C@H](c2ccc(O)cc2)NC1=O. The summed E-state index contributed by atoms with van der Waals surface area (Å²) in [7, 11) is 2.14. The van der Waals surface area contributed by atoms with Gasteiger partial charge in [0.15, 0.2) is 0 Å². The van der Waals surface area contributed by atoms with Gasteiger partial charge in [-0.3, -0.25) is 24.0 Å². The molecule has 1 saturated heterocycles. The zero-order chi connectivity index (χ0) is 38.7. The number of carboxylic acids is 1. The van der Waals surface area contributed by atoms with Crippen LogP contribution in [0.4, 0.5) is 0 Å². The first-order valence-corrected chi connectivity index (χ1v) is 19.0. The average Bonchev–Trinajstić information content (AvgIpc) is 3.63. The molecule has 5 amide bonds. The molecule has 1 aromatic heterocycles. The highest BCUT2D eigenvalue weighted by molar-refractivity contribution is 8.76. The highest BCUT2D eigenvalue weighted by Crippen LogP contribution is 2.25. The second kappa shape index (κ2) is 19.0. The number of benzene rings is 2. The Morgan fingerprint density at radius 1 is 0.755 bits per heavy atom. The number of aromatic hydroxyl groups is 2. The van der Waals surface area contributed by atoms with E-state index >= 15 is 0 Å². The summed E-state index contributed by atoms with van der Waals surface area (Å²) in [6.07, 6.45) is 2.81. The zero-order valence-electron chi connectivity index (χ0n) is 28.8. The van der Waals surface area contributed by atoms with Crippen LogP contribution in [0.3, 0.4) is 0 Å². The predicted octanol–water partition coefficient (Wildman–Crippen LogP) is 0.386. The zero-order valence-corrected chi connectivity index (χ0v) is 30.4. The van der Waals surface area contributed by atoms with Crippen molar-refractivity contribution in [3.05, 3.63) is 77.9 Å². The van der Waals surface area contributed by atoms with Crippen molar-refractivity contribution in [2.24, 2.45) is 11.7 Å². The highest BCUT2D eigenvalue weighted by Gasteiger charge is 2.35. The summed E-state index contributed by atoms with van der Waals surface area (Å²) < 4.78 is 0. The van der Waals surface area contributed by atoms with Gasteiger partial charge in [-0.15, -0.1) is 0 Å². The van der Waals surface area contributed by atoms with E-state index in [2.05, 4.69) is 36.6 Å². The molecule has 1 fully saturated rings. The standard InChI is InChI=1S/C34H42N8O9S2/c1-17(2)11-24-30(46)41-27(18-3-7-21(43)8-4-18)32(48)39-25(12-20-13-36-16-37-20)31(47)42-28(19-5-9-22(44)10-6-19)33(49)40-26(34(50)51)15-53-52-14-23(35)29(45)38-24/h3-10,13,16-17,23-28,43-44H,11-12,14-15,35H2,1-2H3,(H,36,37)(H,38,45)(H,39,48)(H,40,49)(H,41,46)(H,42,47)(H,50,51)/t23-,24+,25-,26-,27-,28-/m0/s1. The van der Waals surface area contributed by atoms with Crippen LogP contribution in [-0.4, -0.2) is 96.5 Å². The van der Waals surface area contributed by atoms with E-state index in [0.29, 0.717) is 5.69 Å². The van der Waals surface area contributed by atoms with Crippen molar-refractivity contribution >= 4 is 57.1 Å². The Hall–Kier alpha value is -5.27. The molecule has 2 heterocycles. The fraction of sp³-hybridized carbons (Fsp3) is 0.382. The van der Waals surface area contributed by atoms with Crippen molar-refractivity contribution in [2.75, 3.05) is 11.5 Å². The lowest BCUT2D eigenvalue weighted by molar-refractivity contribution is -0.141. The van der Waals surface area contributed by atoms with Crippen LogP contribution in [0.2, 0.25) is 0 Å². The molecule has 19 heteroatoms. The Balaban J connectivity index is 1.77. The van der Waals surface area contributed by atoms with Crippen LogP contribution in [0.25, 0.3) is 0 Å². The van der Waals surface area contributed by atoms with Crippen molar-refractivity contribution < 1.29 is 44.1 Å². The van der Waals surface area contributed by atoms with Crippen molar-refractivity contribution in [3.63, 3.8) is 0 Å². The molecule has 1 aliphatic heterocycles. The molecule has 0 bridgehead atoms. The molecule has 0 unspecified atom stereocenters. The number of H-pyrrole nitrogens is 1. The number of carbonyl (C=O) groups excluding carboxylic acids is 5. The van der Waals surface area contributed by atoms with E-state index < -0.39 is 71.8 Å². The van der Waals surface area contributed by atoms with E-state index in [4.69, 9.17) is 5.73 Å². The number of carbonyl (C=O) groups is 6. The number of phenolic OH excluding ortho intramolecular Hbond substituents is 2. The smallest absolute Gasteiger partial charge is 0.327 e. The lowest BCUT2D eigenvalue weighted by Crippen LogP contribution is -2.56. The van der Waals surface area contributed by atoms with Crippen LogP contribution in [-0.2, 0) is 35.2 Å². The number of phenols is 2. The molecule has 0 saturated carbocycles. The number of nitrogens with zero attached hydrogens (tertiary/aromatic N) is 1. The maximum absolute atomic E-state index is 14.1. The van der Waals surface area contributed by atoms with Gasteiger partial charge >= 0.3 is 5.97 Å². The van der Waals surface area contributed by atoms with E-state index in [0.717, 1.165) is 21.6 Å². The lowest BCUT2D eigenvalue weighted by atomic mass is 10.00. The van der Waals surface area contributed by atoms with Gasteiger partial charge in [0.1, 0.15) is 41.7 Å². The van der Waals surface area contributed by atoms with Crippen LogP contribution in [0.15, 0.2) is 61.1 Å². The number of nitrogens with one attached hydrogen (secondary N) is 6. The minimum atomic E-state index is -1.49. The number of aliphatic carboxylic acids is 1. The van der Waals surface area contributed by atoms with Crippen molar-refractivity contribution in [1.29, 1.82) is 0 Å². The van der Waals surface area contributed by atoms with Gasteiger partial charge in [-0.05, 0) is 47.7 Å². The molecule has 0 radical (unpaired) electrons. The molecule has 3 aromatic rings. The molecule has 2 aromatic carbocycles. The van der Waals surface area contributed by atoms with Gasteiger partial charge in [-0.1, -0.05) is 59.7 Å². The summed E-state index contributed by atoms with van der Waals surface area (Å²) in [6.45, 7) is 3.68. The van der Waals surface area contributed by atoms with Gasteiger partial charge in [0.25, 0.3) is 0 Å². The maximum atomic E-state index is 14.1. The monoisotopic (exact) mass is 770 g/mol. The first kappa shape index (κ1) is 40.5. The van der Waals surface area contributed by atoms with E-state index in [1.54, 1.807) is 0 Å². The quantitative estimate of drug-likeness (QED) is 0.146. The van der Waals surface area contributed by atoms with Gasteiger partial charge < -0.3 is 52.6 Å². The number of aromatic nitrogens is 2.